The van der Waals surface area contributed by atoms with E-state index >= 15 is 0 Å². The lowest BCUT2D eigenvalue weighted by atomic mass is 9.94. The van der Waals surface area contributed by atoms with Gasteiger partial charge in [-0.25, -0.2) is 9.97 Å². The molecule has 0 aromatic carbocycles. The summed E-state index contributed by atoms with van der Waals surface area (Å²) in [5.74, 6) is 1.91. The molecule has 2 aromatic rings. The predicted molar refractivity (Wildman–Crippen MR) is 79.6 cm³/mol. The number of hydrogen-bond donors (Lipinski definition) is 1. The summed E-state index contributed by atoms with van der Waals surface area (Å²) in [6.07, 6.45) is 13.2. The second kappa shape index (κ2) is 4.70. The predicted octanol–water partition coefficient (Wildman–Crippen LogP) is 2.01. The van der Waals surface area contributed by atoms with Crippen LogP contribution in [0, 0.1) is 0 Å². The number of fused-ring (bicyclic) bond motifs is 5. The quantitative estimate of drug-likeness (QED) is 0.854. The number of allylic oxidation sites excluding steroid dienone is 2. The summed E-state index contributed by atoms with van der Waals surface area (Å²) >= 11 is 0. The van der Waals surface area contributed by atoms with Gasteiger partial charge in [-0.3, -0.25) is 4.57 Å². The van der Waals surface area contributed by atoms with Crippen LogP contribution < -0.4 is 5.32 Å². The summed E-state index contributed by atoms with van der Waals surface area (Å²) in [7, 11) is 0. The van der Waals surface area contributed by atoms with Crippen molar-refractivity contribution in [2.75, 3.05) is 5.32 Å². The number of nitrogens with zero attached hydrogens (tertiary/aromatic N) is 3. The van der Waals surface area contributed by atoms with Crippen LogP contribution in [0.4, 0.5) is 5.82 Å². The molecule has 2 atom stereocenters. The summed E-state index contributed by atoms with van der Waals surface area (Å²) in [4.78, 5) is 19.9. The number of imidazole rings is 1. The zero-order valence-electron chi connectivity index (χ0n) is 11.3. The SMILES string of the molecule is O=CCc1cn2c(n1)C1C=CC=CC1Nc1ncccc1-2. The zero-order chi connectivity index (χ0) is 14.2. The molecule has 1 aliphatic carbocycles. The van der Waals surface area contributed by atoms with Gasteiger partial charge in [-0.15, -0.1) is 0 Å². The van der Waals surface area contributed by atoms with Crippen LogP contribution >= 0.6 is 0 Å². The molecule has 3 heterocycles. The van der Waals surface area contributed by atoms with Crippen molar-refractivity contribution in [1.82, 2.24) is 14.5 Å². The van der Waals surface area contributed by atoms with Crippen LogP contribution in [0.25, 0.3) is 5.69 Å². The molecular weight excluding hydrogens is 264 g/mol. The summed E-state index contributed by atoms with van der Waals surface area (Å²) < 4.78 is 2.04. The molecular formula is C16H14N4O. The first kappa shape index (κ1) is 12.1. The number of anilines is 1. The second-order valence-electron chi connectivity index (χ2n) is 5.17. The molecule has 0 radical (unpaired) electrons. The van der Waals surface area contributed by atoms with Crippen LogP contribution in [0.15, 0.2) is 48.8 Å². The van der Waals surface area contributed by atoms with Crippen molar-refractivity contribution in [3.8, 4) is 5.69 Å². The number of rotatable bonds is 2. The minimum atomic E-state index is 0.122. The first-order valence-corrected chi connectivity index (χ1v) is 6.95. The first-order chi connectivity index (χ1) is 10.4. The van der Waals surface area contributed by atoms with Gasteiger partial charge in [0, 0.05) is 18.8 Å². The minimum absolute atomic E-state index is 0.122. The topological polar surface area (TPSA) is 59.8 Å². The number of hydrogen-bond acceptors (Lipinski definition) is 4. The second-order valence-corrected chi connectivity index (χ2v) is 5.17. The standard InChI is InChI=1S/C16H14N4O/c21-9-7-11-10-20-14-6-3-8-17-15(14)19-13-5-2-1-4-12(13)16(20)18-11/h1-6,8-10,12-13H,7H2,(H,17,19). The van der Waals surface area contributed by atoms with Crippen molar-refractivity contribution in [1.29, 1.82) is 0 Å². The Balaban J connectivity index is 1.94. The normalized spacial score (nSPS) is 21.7. The maximum absolute atomic E-state index is 10.8. The summed E-state index contributed by atoms with van der Waals surface area (Å²) in [6, 6.07) is 4.04. The molecule has 2 aliphatic rings. The lowest BCUT2D eigenvalue weighted by Gasteiger charge is -2.22. The lowest BCUT2D eigenvalue weighted by molar-refractivity contribution is -0.107. The van der Waals surface area contributed by atoms with E-state index in [-0.39, 0.29) is 12.0 Å². The summed E-state index contributed by atoms with van der Waals surface area (Å²) in [6.45, 7) is 0. The Morgan fingerprint density at radius 1 is 1.33 bits per heavy atom. The number of carbonyl (C=O) groups is 1. The molecule has 5 heteroatoms. The van der Waals surface area contributed by atoms with Gasteiger partial charge in [0.05, 0.1) is 23.3 Å². The molecule has 0 spiro atoms. The van der Waals surface area contributed by atoms with E-state index in [9.17, 15) is 4.79 Å². The highest BCUT2D eigenvalue weighted by atomic mass is 16.1. The number of aromatic nitrogens is 3. The van der Waals surface area contributed by atoms with Gasteiger partial charge in [-0.05, 0) is 12.1 Å². The molecule has 0 bridgehead atoms. The highest BCUT2D eigenvalue weighted by Crippen LogP contribution is 2.34. The lowest BCUT2D eigenvalue weighted by Crippen LogP contribution is -2.25. The average molecular weight is 278 g/mol. The highest BCUT2D eigenvalue weighted by Gasteiger charge is 2.30. The van der Waals surface area contributed by atoms with Gasteiger partial charge in [0.1, 0.15) is 12.1 Å². The van der Waals surface area contributed by atoms with Gasteiger partial charge in [-0.2, -0.15) is 0 Å². The summed E-state index contributed by atoms with van der Waals surface area (Å²) in [5.41, 5.74) is 1.76. The Morgan fingerprint density at radius 3 is 3.14 bits per heavy atom. The van der Waals surface area contributed by atoms with Crippen molar-refractivity contribution in [3.05, 3.63) is 60.3 Å². The third-order valence-corrected chi connectivity index (χ3v) is 3.86. The maximum atomic E-state index is 10.8. The van der Waals surface area contributed by atoms with Gasteiger partial charge < -0.3 is 10.1 Å². The maximum Gasteiger partial charge on any atom is 0.150 e. The number of nitrogens with one attached hydrogen (secondary N) is 1. The van der Waals surface area contributed by atoms with Gasteiger partial charge in [0.2, 0.25) is 0 Å². The molecule has 1 N–H and O–H groups in total. The van der Waals surface area contributed by atoms with Crippen LogP contribution in [0.1, 0.15) is 17.4 Å². The van der Waals surface area contributed by atoms with E-state index in [0.717, 1.165) is 29.3 Å². The van der Waals surface area contributed by atoms with E-state index in [1.807, 2.05) is 35.0 Å². The fourth-order valence-electron chi connectivity index (χ4n) is 2.91. The van der Waals surface area contributed by atoms with Crippen molar-refractivity contribution in [3.63, 3.8) is 0 Å². The highest BCUT2D eigenvalue weighted by molar-refractivity contribution is 5.61. The largest absolute Gasteiger partial charge is 0.361 e. The smallest absolute Gasteiger partial charge is 0.150 e. The Morgan fingerprint density at radius 2 is 2.24 bits per heavy atom. The molecule has 0 saturated carbocycles. The van der Waals surface area contributed by atoms with Gasteiger partial charge in [-0.1, -0.05) is 24.3 Å². The van der Waals surface area contributed by atoms with Crippen LogP contribution in [-0.4, -0.2) is 26.9 Å². The molecule has 104 valence electrons. The van der Waals surface area contributed by atoms with Crippen molar-refractivity contribution in [2.45, 2.75) is 18.4 Å². The fourth-order valence-corrected chi connectivity index (χ4v) is 2.91. The van der Waals surface area contributed by atoms with Crippen LogP contribution in [0.3, 0.4) is 0 Å². The van der Waals surface area contributed by atoms with Crippen LogP contribution in [0.5, 0.6) is 0 Å². The van der Waals surface area contributed by atoms with Crippen molar-refractivity contribution >= 4 is 12.1 Å². The average Bonchev–Trinajstić information content (AvgIpc) is 2.87. The van der Waals surface area contributed by atoms with Gasteiger partial charge in [0.15, 0.2) is 5.82 Å². The van der Waals surface area contributed by atoms with E-state index in [4.69, 9.17) is 0 Å². The molecule has 1 aliphatic heterocycles. The third kappa shape index (κ3) is 1.89. The van der Waals surface area contributed by atoms with E-state index in [1.54, 1.807) is 6.20 Å². The Bertz CT molecular complexity index is 759. The third-order valence-electron chi connectivity index (χ3n) is 3.86. The molecule has 21 heavy (non-hydrogen) atoms. The molecule has 0 amide bonds. The first-order valence-electron chi connectivity index (χ1n) is 6.95. The van der Waals surface area contributed by atoms with Crippen molar-refractivity contribution < 1.29 is 4.79 Å². The molecule has 0 fully saturated rings. The molecule has 4 rings (SSSR count). The summed E-state index contributed by atoms with van der Waals surface area (Å²) in [5, 5.41) is 3.47. The van der Waals surface area contributed by atoms with E-state index in [2.05, 4.69) is 27.4 Å². The van der Waals surface area contributed by atoms with Gasteiger partial charge >= 0.3 is 0 Å². The Hall–Kier alpha value is -2.69. The Kier molecular flexibility index (Phi) is 2.70. The van der Waals surface area contributed by atoms with E-state index in [1.165, 1.54) is 0 Å². The van der Waals surface area contributed by atoms with Crippen LogP contribution in [0.2, 0.25) is 0 Å². The number of pyridine rings is 1. The Labute approximate surface area is 122 Å². The van der Waals surface area contributed by atoms with Crippen LogP contribution in [-0.2, 0) is 11.2 Å². The number of carbonyl (C=O) groups excluding carboxylic acids is 1. The van der Waals surface area contributed by atoms with E-state index < -0.39 is 0 Å². The molecule has 2 aromatic heterocycles. The number of aldehydes is 1. The monoisotopic (exact) mass is 278 g/mol. The molecule has 2 unspecified atom stereocenters. The minimum Gasteiger partial charge on any atom is -0.361 e. The fraction of sp³-hybridized carbons (Fsp3) is 0.188. The van der Waals surface area contributed by atoms with Crippen molar-refractivity contribution in [2.24, 2.45) is 0 Å². The van der Waals surface area contributed by atoms with Gasteiger partial charge in [0.25, 0.3) is 0 Å². The molecule has 0 saturated heterocycles. The molecule has 5 nitrogen and oxygen atoms in total. The zero-order valence-corrected chi connectivity index (χ0v) is 11.3. The van der Waals surface area contributed by atoms with E-state index in [0.29, 0.717) is 6.42 Å².